The predicted molar refractivity (Wildman–Crippen MR) is 86.0 cm³/mol. The van der Waals surface area contributed by atoms with Crippen LogP contribution in [0.1, 0.15) is 36.0 Å². The molecule has 0 amide bonds. The van der Waals surface area contributed by atoms with Crippen LogP contribution >= 0.6 is 11.5 Å². The maximum Gasteiger partial charge on any atom is 0.180 e. The molecule has 1 aliphatic rings. The van der Waals surface area contributed by atoms with Gasteiger partial charge in [0.2, 0.25) is 0 Å². The molecule has 3 aromatic rings. The van der Waals surface area contributed by atoms with Crippen molar-refractivity contribution in [3.63, 3.8) is 0 Å². The lowest BCUT2D eigenvalue weighted by molar-refractivity contribution is 0.199. The van der Waals surface area contributed by atoms with E-state index in [9.17, 15) is 0 Å². The van der Waals surface area contributed by atoms with Gasteiger partial charge < -0.3 is 9.51 Å². The molecule has 8 heteroatoms. The van der Waals surface area contributed by atoms with Crippen LogP contribution in [-0.4, -0.2) is 42.7 Å². The first-order valence-corrected chi connectivity index (χ1v) is 8.53. The number of nitrogens with one attached hydrogen (secondary N) is 1. The molecule has 0 aromatic carbocycles. The minimum atomic E-state index is 0.432. The van der Waals surface area contributed by atoms with Crippen LogP contribution in [0.25, 0.3) is 10.6 Å². The van der Waals surface area contributed by atoms with Crippen LogP contribution in [0.5, 0.6) is 0 Å². The molecule has 0 saturated carbocycles. The summed E-state index contributed by atoms with van der Waals surface area (Å²) in [4.78, 5) is 10.9. The number of piperidine rings is 1. The van der Waals surface area contributed by atoms with E-state index in [1.54, 1.807) is 6.20 Å². The maximum absolute atomic E-state index is 5.39. The molecule has 0 unspecified atom stereocenters. The summed E-state index contributed by atoms with van der Waals surface area (Å²) >= 11 is 1.39. The van der Waals surface area contributed by atoms with Crippen molar-refractivity contribution in [3.05, 3.63) is 35.7 Å². The second-order valence-corrected chi connectivity index (χ2v) is 6.66. The molecule has 0 spiro atoms. The number of H-pyrrole nitrogens is 1. The van der Waals surface area contributed by atoms with Gasteiger partial charge in [-0.25, -0.2) is 4.98 Å². The van der Waals surface area contributed by atoms with Gasteiger partial charge in [0.1, 0.15) is 10.7 Å². The maximum atomic E-state index is 5.39. The zero-order valence-electron chi connectivity index (χ0n) is 12.9. The number of aromatic amines is 1. The molecule has 0 bridgehead atoms. The van der Waals surface area contributed by atoms with E-state index in [0.29, 0.717) is 5.92 Å². The van der Waals surface area contributed by atoms with Crippen molar-refractivity contribution in [1.82, 2.24) is 29.6 Å². The Labute approximate surface area is 137 Å². The fourth-order valence-corrected chi connectivity index (χ4v) is 3.76. The van der Waals surface area contributed by atoms with Crippen LogP contribution in [0, 0.1) is 6.92 Å². The van der Waals surface area contributed by atoms with Crippen LogP contribution in [0.4, 0.5) is 0 Å². The van der Waals surface area contributed by atoms with Crippen molar-refractivity contribution in [2.45, 2.75) is 32.2 Å². The van der Waals surface area contributed by atoms with Crippen LogP contribution in [0.15, 0.2) is 23.0 Å². The molecule has 1 fully saturated rings. The third kappa shape index (κ3) is 3.04. The molecule has 0 radical (unpaired) electrons. The molecule has 23 heavy (non-hydrogen) atoms. The van der Waals surface area contributed by atoms with Gasteiger partial charge in [-0.3, -0.25) is 4.90 Å². The molecular weight excluding hydrogens is 312 g/mol. The lowest BCUT2D eigenvalue weighted by Crippen LogP contribution is -2.33. The molecule has 0 aliphatic carbocycles. The van der Waals surface area contributed by atoms with Crippen LogP contribution in [0.2, 0.25) is 0 Å². The first-order chi connectivity index (χ1) is 11.3. The number of likely N-dealkylation sites (tertiary alicyclic amines) is 1. The average Bonchev–Trinajstić information content (AvgIpc) is 3.29. The van der Waals surface area contributed by atoms with Gasteiger partial charge in [0.05, 0.1) is 17.9 Å². The Morgan fingerprint density at radius 2 is 2.26 bits per heavy atom. The highest BCUT2D eigenvalue weighted by atomic mass is 32.1. The summed E-state index contributed by atoms with van der Waals surface area (Å²) in [5.41, 5.74) is 1.94. The van der Waals surface area contributed by atoms with Gasteiger partial charge in [0, 0.05) is 24.4 Å². The van der Waals surface area contributed by atoms with Crippen molar-refractivity contribution < 1.29 is 4.52 Å². The molecule has 4 heterocycles. The van der Waals surface area contributed by atoms with Crippen LogP contribution in [-0.2, 0) is 6.54 Å². The summed E-state index contributed by atoms with van der Waals surface area (Å²) in [5, 5.41) is 8.34. The van der Waals surface area contributed by atoms with Gasteiger partial charge in [-0.2, -0.15) is 0 Å². The highest BCUT2D eigenvalue weighted by Crippen LogP contribution is 2.36. The number of imidazole rings is 1. The molecule has 120 valence electrons. The van der Waals surface area contributed by atoms with E-state index in [-0.39, 0.29) is 0 Å². The number of aromatic nitrogens is 5. The van der Waals surface area contributed by atoms with E-state index < -0.39 is 0 Å². The number of aryl methyl sites for hydroxylation is 1. The minimum Gasteiger partial charge on any atom is -0.355 e. The third-order valence-electron chi connectivity index (χ3n) is 4.27. The molecule has 1 aliphatic heterocycles. The van der Waals surface area contributed by atoms with Crippen molar-refractivity contribution in [2.75, 3.05) is 13.1 Å². The van der Waals surface area contributed by atoms with Crippen molar-refractivity contribution in [2.24, 2.45) is 0 Å². The molecule has 3 aromatic heterocycles. The van der Waals surface area contributed by atoms with Crippen LogP contribution < -0.4 is 0 Å². The summed E-state index contributed by atoms with van der Waals surface area (Å²) in [6.07, 6.45) is 5.82. The highest BCUT2D eigenvalue weighted by molar-refractivity contribution is 7.09. The summed E-state index contributed by atoms with van der Waals surface area (Å²) in [5.74, 6) is 2.24. The Hall–Kier alpha value is -2.06. The van der Waals surface area contributed by atoms with Crippen molar-refractivity contribution >= 4 is 11.5 Å². The number of hydrogen-bond donors (Lipinski definition) is 1. The van der Waals surface area contributed by atoms with E-state index >= 15 is 0 Å². The fourth-order valence-electron chi connectivity index (χ4n) is 3.07. The average molecular weight is 330 g/mol. The Morgan fingerprint density at radius 1 is 1.39 bits per heavy atom. The molecular formula is C15H18N6OS. The highest BCUT2D eigenvalue weighted by Gasteiger charge is 2.27. The second-order valence-electron chi connectivity index (χ2n) is 5.91. The quantitative estimate of drug-likeness (QED) is 0.791. The molecule has 1 saturated heterocycles. The predicted octanol–water partition coefficient (Wildman–Crippen LogP) is 2.60. The monoisotopic (exact) mass is 330 g/mol. The van der Waals surface area contributed by atoms with Gasteiger partial charge in [-0.1, -0.05) is 9.64 Å². The Balaban J connectivity index is 1.44. The molecule has 4 rings (SSSR count). The topological polar surface area (TPSA) is 83.7 Å². The lowest BCUT2D eigenvalue weighted by atomic mass is 9.92. The van der Waals surface area contributed by atoms with Crippen molar-refractivity contribution in [1.29, 1.82) is 0 Å². The zero-order valence-corrected chi connectivity index (χ0v) is 13.7. The molecule has 7 nitrogen and oxygen atoms in total. The van der Waals surface area contributed by atoms with E-state index in [1.165, 1.54) is 11.5 Å². The molecule has 1 N–H and O–H groups in total. The van der Waals surface area contributed by atoms with Gasteiger partial charge in [0.15, 0.2) is 5.76 Å². The van der Waals surface area contributed by atoms with Crippen molar-refractivity contribution in [3.8, 4) is 10.6 Å². The summed E-state index contributed by atoms with van der Waals surface area (Å²) in [6, 6.07) is 1.95. The smallest absolute Gasteiger partial charge is 0.180 e. The first-order valence-electron chi connectivity index (χ1n) is 7.76. The Bertz CT molecular complexity index is 757. The van der Waals surface area contributed by atoms with Crippen LogP contribution in [0.3, 0.4) is 0 Å². The summed E-state index contributed by atoms with van der Waals surface area (Å²) in [6.45, 7) is 4.88. The standard InChI is InChI=1S/C15H18N6OS/c1-10-8-12(22-19-10)15-14(18-20-23-15)11-2-6-21(7-3-11)9-13-16-4-5-17-13/h4-5,8,11H,2-3,6-7,9H2,1H3,(H,16,17). The number of nitrogens with zero attached hydrogens (tertiary/aromatic N) is 5. The zero-order chi connectivity index (χ0) is 15.6. The van der Waals surface area contributed by atoms with E-state index in [2.05, 4.69) is 29.6 Å². The number of rotatable bonds is 4. The lowest BCUT2D eigenvalue weighted by Gasteiger charge is -2.30. The normalized spacial score (nSPS) is 16.9. The molecule has 0 atom stereocenters. The van der Waals surface area contributed by atoms with Gasteiger partial charge in [-0.15, -0.1) is 5.10 Å². The van der Waals surface area contributed by atoms with Gasteiger partial charge in [-0.05, 0) is 44.4 Å². The van der Waals surface area contributed by atoms with E-state index in [0.717, 1.165) is 60.3 Å². The van der Waals surface area contributed by atoms with E-state index in [1.807, 2.05) is 19.2 Å². The van der Waals surface area contributed by atoms with E-state index in [4.69, 9.17) is 4.52 Å². The van der Waals surface area contributed by atoms with Gasteiger partial charge >= 0.3 is 0 Å². The van der Waals surface area contributed by atoms with Gasteiger partial charge in [0.25, 0.3) is 0 Å². The second kappa shape index (κ2) is 6.21. The Morgan fingerprint density at radius 3 is 2.96 bits per heavy atom. The Kier molecular flexibility index (Phi) is 3.92. The third-order valence-corrected chi connectivity index (χ3v) is 5.02. The number of hydrogen-bond acceptors (Lipinski definition) is 7. The summed E-state index contributed by atoms with van der Waals surface area (Å²) in [7, 11) is 0. The SMILES string of the molecule is Cc1cc(-c2snnc2C2CCN(Cc3ncc[nH]3)CC2)on1. The minimum absolute atomic E-state index is 0.432. The first kappa shape index (κ1) is 14.5. The largest absolute Gasteiger partial charge is 0.355 e. The fraction of sp³-hybridized carbons (Fsp3) is 0.467. The summed E-state index contributed by atoms with van der Waals surface area (Å²) < 4.78 is 9.53.